The fourth-order valence-electron chi connectivity index (χ4n) is 1.86. The van der Waals surface area contributed by atoms with Crippen LogP contribution < -0.4 is 5.73 Å². The number of hydrogen-bond donors (Lipinski definition) is 1. The van der Waals surface area contributed by atoms with Crippen LogP contribution in [0.2, 0.25) is 0 Å². The van der Waals surface area contributed by atoms with Gasteiger partial charge in [-0.1, -0.05) is 60.5 Å². The van der Waals surface area contributed by atoms with Crippen LogP contribution in [0, 0.1) is 10.8 Å². The second-order valence-electron chi connectivity index (χ2n) is 7.51. The number of esters is 1. The molecule has 0 unspecified atom stereocenters. The molecule has 0 saturated heterocycles. The fraction of sp³-hybridized carbons (Fsp3) is 0.824. The first-order valence-corrected chi connectivity index (χ1v) is 7.68. The average Bonchev–Trinajstić information content (AvgIpc) is 2.28. The Labute approximate surface area is 125 Å². The zero-order chi connectivity index (χ0) is 15.8. The first-order chi connectivity index (χ1) is 9.08. The van der Waals surface area contributed by atoms with E-state index in [2.05, 4.69) is 20.8 Å². The largest absolute Gasteiger partial charge is 0.462 e. The minimum absolute atomic E-state index is 0.0250. The summed E-state index contributed by atoms with van der Waals surface area (Å²) in [5.74, 6) is -0.175. The third-order valence-electron chi connectivity index (χ3n) is 2.94. The Morgan fingerprint density at radius 2 is 1.55 bits per heavy atom. The van der Waals surface area contributed by atoms with E-state index in [9.17, 15) is 4.79 Å². The molecule has 0 aliphatic rings. The van der Waals surface area contributed by atoms with Crippen LogP contribution >= 0.6 is 0 Å². The molecule has 0 spiro atoms. The minimum Gasteiger partial charge on any atom is -0.462 e. The van der Waals surface area contributed by atoms with Crippen LogP contribution in [-0.4, -0.2) is 19.1 Å². The zero-order valence-electron chi connectivity index (χ0n) is 14.2. The van der Waals surface area contributed by atoms with Crippen LogP contribution in [-0.2, 0) is 9.53 Å². The Hall–Kier alpha value is -0.830. The van der Waals surface area contributed by atoms with Gasteiger partial charge in [0.1, 0.15) is 0 Å². The topological polar surface area (TPSA) is 52.3 Å². The van der Waals surface area contributed by atoms with Crippen LogP contribution in [0.25, 0.3) is 0 Å². The van der Waals surface area contributed by atoms with E-state index in [0.717, 1.165) is 37.8 Å². The van der Waals surface area contributed by atoms with Gasteiger partial charge in [-0.05, 0) is 30.2 Å². The Morgan fingerprint density at radius 1 is 1.00 bits per heavy atom. The SMILES string of the molecule is CC(C)(C)C=C(C(=O)OCCCCCCN)C(C)(C)C. The molecule has 0 rings (SSSR count). The summed E-state index contributed by atoms with van der Waals surface area (Å²) >= 11 is 0. The molecule has 118 valence electrons. The first-order valence-electron chi connectivity index (χ1n) is 7.68. The third-order valence-corrected chi connectivity index (χ3v) is 2.94. The molecule has 0 radical (unpaired) electrons. The molecular formula is C17H33NO2. The van der Waals surface area contributed by atoms with Gasteiger partial charge < -0.3 is 10.5 Å². The highest BCUT2D eigenvalue weighted by atomic mass is 16.5. The highest BCUT2D eigenvalue weighted by Crippen LogP contribution is 2.31. The average molecular weight is 283 g/mol. The summed E-state index contributed by atoms with van der Waals surface area (Å²) in [6.45, 7) is 13.7. The summed E-state index contributed by atoms with van der Waals surface area (Å²) in [6, 6.07) is 0. The quantitative estimate of drug-likeness (QED) is 0.435. The maximum Gasteiger partial charge on any atom is 0.334 e. The van der Waals surface area contributed by atoms with Gasteiger partial charge in [0, 0.05) is 5.57 Å². The van der Waals surface area contributed by atoms with Crippen molar-refractivity contribution in [3.8, 4) is 0 Å². The van der Waals surface area contributed by atoms with E-state index in [1.807, 2.05) is 26.8 Å². The molecule has 0 atom stereocenters. The molecule has 3 heteroatoms. The number of carbonyl (C=O) groups is 1. The van der Waals surface area contributed by atoms with Gasteiger partial charge in [0.05, 0.1) is 6.61 Å². The number of nitrogens with two attached hydrogens (primary N) is 1. The summed E-state index contributed by atoms with van der Waals surface area (Å²) in [5.41, 5.74) is 6.00. The van der Waals surface area contributed by atoms with Gasteiger partial charge in [-0.3, -0.25) is 0 Å². The van der Waals surface area contributed by atoms with Crippen LogP contribution in [0.5, 0.6) is 0 Å². The zero-order valence-corrected chi connectivity index (χ0v) is 14.2. The highest BCUT2D eigenvalue weighted by molar-refractivity contribution is 5.89. The molecule has 0 heterocycles. The molecule has 0 aromatic rings. The van der Waals surface area contributed by atoms with E-state index in [0.29, 0.717) is 6.61 Å². The second-order valence-corrected chi connectivity index (χ2v) is 7.51. The molecule has 0 aliphatic carbocycles. The van der Waals surface area contributed by atoms with Gasteiger partial charge in [0.2, 0.25) is 0 Å². The lowest BCUT2D eigenvalue weighted by Gasteiger charge is -2.25. The van der Waals surface area contributed by atoms with E-state index >= 15 is 0 Å². The van der Waals surface area contributed by atoms with Crippen molar-refractivity contribution in [3.63, 3.8) is 0 Å². The molecule has 0 aliphatic heterocycles. The van der Waals surface area contributed by atoms with Gasteiger partial charge in [0.15, 0.2) is 0 Å². The monoisotopic (exact) mass is 283 g/mol. The van der Waals surface area contributed by atoms with E-state index in [4.69, 9.17) is 10.5 Å². The minimum atomic E-state index is -0.191. The Morgan fingerprint density at radius 3 is 2.00 bits per heavy atom. The van der Waals surface area contributed by atoms with Crippen molar-refractivity contribution < 1.29 is 9.53 Å². The maximum absolute atomic E-state index is 12.2. The Balaban J connectivity index is 4.42. The molecule has 3 nitrogen and oxygen atoms in total. The molecule has 0 bridgehead atoms. The Bertz CT molecular complexity index is 319. The van der Waals surface area contributed by atoms with E-state index < -0.39 is 0 Å². The van der Waals surface area contributed by atoms with Crippen LogP contribution in [0.1, 0.15) is 67.2 Å². The number of carbonyl (C=O) groups excluding carboxylic acids is 1. The highest BCUT2D eigenvalue weighted by Gasteiger charge is 2.27. The predicted octanol–water partition coefficient (Wildman–Crippen LogP) is 4.07. The van der Waals surface area contributed by atoms with Crippen molar-refractivity contribution in [2.24, 2.45) is 16.6 Å². The van der Waals surface area contributed by atoms with Crippen molar-refractivity contribution in [1.29, 1.82) is 0 Å². The summed E-state index contributed by atoms with van der Waals surface area (Å²) < 4.78 is 5.42. The van der Waals surface area contributed by atoms with Gasteiger partial charge >= 0.3 is 5.97 Å². The van der Waals surface area contributed by atoms with Gasteiger partial charge in [0.25, 0.3) is 0 Å². The standard InChI is InChI=1S/C17H33NO2/c1-16(2,3)13-14(17(4,5)6)15(19)20-12-10-8-7-9-11-18/h13H,7-12,18H2,1-6H3. The number of hydrogen-bond acceptors (Lipinski definition) is 3. The smallest absolute Gasteiger partial charge is 0.334 e. The maximum atomic E-state index is 12.2. The van der Waals surface area contributed by atoms with Gasteiger partial charge in [-0.25, -0.2) is 4.79 Å². The van der Waals surface area contributed by atoms with E-state index in [-0.39, 0.29) is 16.8 Å². The molecule has 0 fully saturated rings. The van der Waals surface area contributed by atoms with Crippen LogP contribution in [0.4, 0.5) is 0 Å². The summed E-state index contributed by atoms with van der Waals surface area (Å²) in [7, 11) is 0. The fourth-order valence-corrected chi connectivity index (χ4v) is 1.86. The Kier molecular flexibility index (Phi) is 8.10. The van der Waals surface area contributed by atoms with Crippen molar-refractivity contribution in [1.82, 2.24) is 0 Å². The normalized spacial score (nSPS) is 13.4. The number of ether oxygens (including phenoxy) is 1. The number of allylic oxidation sites excluding steroid dienone is 1. The van der Waals surface area contributed by atoms with Gasteiger partial charge in [-0.2, -0.15) is 0 Å². The van der Waals surface area contributed by atoms with Crippen LogP contribution in [0.15, 0.2) is 11.6 Å². The van der Waals surface area contributed by atoms with Crippen molar-refractivity contribution in [3.05, 3.63) is 11.6 Å². The summed E-state index contributed by atoms with van der Waals surface area (Å²) in [6.07, 6.45) is 6.17. The molecule has 2 N–H and O–H groups in total. The molecule has 20 heavy (non-hydrogen) atoms. The van der Waals surface area contributed by atoms with Crippen LogP contribution in [0.3, 0.4) is 0 Å². The third kappa shape index (κ3) is 9.13. The van der Waals surface area contributed by atoms with Crippen molar-refractivity contribution in [2.45, 2.75) is 67.2 Å². The first kappa shape index (κ1) is 19.2. The molecule has 0 aromatic heterocycles. The summed E-state index contributed by atoms with van der Waals surface area (Å²) in [4.78, 5) is 12.2. The molecule has 0 amide bonds. The van der Waals surface area contributed by atoms with Gasteiger partial charge in [-0.15, -0.1) is 0 Å². The molecule has 0 saturated carbocycles. The lowest BCUT2D eigenvalue weighted by atomic mass is 9.81. The molecule has 0 aromatic carbocycles. The van der Waals surface area contributed by atoms with Crippen molar-refractivity contribution >= 4 is 5.97 Å². The lowest BCUT2D eigenvalue weighted by molar-refractivity contribution is -0.140. The number of unbranched alkanes of at least 4 members (excludes halogenated alkanes) is 3. The summed E-state index contributed by atoms with van der Waals surface area (Å²) in [5, 5.41) is 0. The lowest BCUT2D eigenvalue weighted by Crippen LogP contribution is -2.23. The predicted molar refractivity (Wildman–Crippen MR) is 85.5 cm³/mol. The van der Waals surface area contributed by atoms with Crippen molar-refractivity contribution in [2.75, 3.05) is 13.2 Å². The van der Waals surface area contributed by atoms with E-state index in [1.165, 1.54) is 0 Å². The molecular weight excluding hydrogens is 250 g/mol. The second kappa shape index (κ2) is 8.46. The number of rotatable bonds is 7. The van der Waals surface area contributed by atoms with E-state index in [1.54, 1.807) is 0 Å².